The highest BCUT2D eigenvalue weighted by Gasteiger charge is 2.13. The Morgan fingerprint density at radius 3 is 2.71 bits per heavy atom. The van der Waals surface area contributed by atoms with E-state index >= 15 is 0 Å². The Labute approximate surface area is 102 Å². The first kappa shape index (κ1) is 11.8. The Morgan fingerprint density at radius 2 is 2.21 bits per heavy atom. The van der Waals surface area contributed by atoms with Gasteiger partial charge in [0.15, 0.2) is 0 Å². The second-order valence-corrected chi connectivity index (χ2v) is 4.54. The van der Waals surface area contributed by atoms with Crippen LogP contribution in [-0.2, 0) is 0 Å². The lowest BCUT2D eigenvalue weighted by atomic mass is 10.2. The smallest absolute Gasteiger partial charge is 0.254 e. The molecular weight excluding hydrogens is 312 g/mol. The van der Waals surface area contributed by atoms with E-state index in [9.17, 15) is 4.79 Å². The van der Waals surface area contributed by atoms with Crippen molar-refractivity contribution >= 4 is 40.1 Å². The molecule has 76 valence electrons. The third-order valence-corrected chi connectivity index (χ3v) is 3.11. The predicted octanol–water partition coefficient (Wildman–Crippen LogP) is 3.04. The van der Waals surface area contributed by atoms with Crippen molar-refractivity contribution in [3.63, 3.8) is 0 Å². The normalized spacial score (nSPS) is 10.0. The summed E-state index contributed by atoms with van der Waals surface area (Å²) in [5.41, 5.74) is 0.708. The van der Waals surface area contributed by atoms with Gasteiger partial charge < -0.3 is 4.90 Å². The molecule has 0 aliphatic heterocycles. The van der Waals surface area contributed by atoms with Gasteiger partial charge in [-0.2, -0.15) is 0 Å². The van der Waals surface area contributed by atoms with Crippen molar-refractivity contribution in [2.24, 2.45) is 0 Å². The summed E-state index contributed by atoms with van der Waals surface area (Å²) in [6.45, 7) is 2.65. The lowest BCUT2D eigenvalue weighted by Gasteiger charge is -2.15. The molecule has 0 N–H and O–H groups in total. The lowest BCUT2D eigenvalue weighted by molar-refractivity contribution is 0.0801. The Morgan fingerprint density at radius 1 is 1.57 bits per heavy atom. The molecule has 0 spiro atoms. The summed E-state index contributed by atoms with van der Waals surface area (Å²) in [5, 5.41) is 0.658. The number of rotatable bonds is 2. The molecule has 0 radical (unpaired) electrons. The van der Waals surface area contributed by atoms with Crippen LogP contribution in [0.2, 0.25) is 5.02 Å². The first-order valence-corrected chi connectivity index (χ1v) is 5.72. The standard InChI is InChI=1S/C10H11ClINO/c1-3-13(2)10(14)8-5-4-7(11)6-9(8)12/h4-6H,3H2,1-2H3. The van der Waals surface area contributed by atoms with E-state index in [4.69, 9.17) is 11.6 Å². The molecule has 0 aromatic heterocycles. The Hall–Kier alpha value is -0.290. The van der Waals surface area contributed by atoms with Gasteiger partial charge in [-0.1, -0.05) is 11.6 Å². The molecule has 1 amide bonds. The topological polar surface area (TPSA) is 20.3 Å². The maximum absolute atomic E-state index is 11.8. The number of halogens is 2. The van der Waals surface area contributed by atoms with Crippen molar-refractivity contribution in [3.05, 3.63) is 32.4 Å². The molecule has 0 unspecified atom stereocenters. The number of benzene rings is 1. The number of hydrogen-bond donors (Lipinski definition) is 0. The summed E-state index contributed by atoms with van der Waals surface area (Å²) < 4.78 is 0.889. The van der Waals surface area contributed by atoms with E-state index in [2.05, 4.69) is 22.6 Å². The molecule has 0 saturated carbocycles. The zero-order valence-electron chi connectivity index (χ0n) is 8.05. The largest absolute Gasteiger partial charge is 0.342 e. The minimum absolute atomic E-state index is 0.0357. The van der Waals surface area contributed by atoms with E-state index in [-0.39, 0.29) is 5.91 Å². The SMILES string of the molecule is CCN(C)C(=O)c1ccc(Cl)cc1I. The summed E-state index contributed by atoms with van der Waals surface area (Å²) in [6.07, 6.45) is 0. The van der Waals surface area contributed by atoms with Crippen LogP contribution in [-0.4, -0.2) is 24.4 Å². The van der Waals surface area contributed by atoms with Crippen molar-refractivity contribution in [2.45, 2.75) is 6.92 Å². The predicted molar refractivity (Wildman–Crippen MR) is 66.8 cm³/mol. The van der Waals surface area contributed by atoms with E-state index in [0.717, 1.165) is 3.57 Å². The van der Waals surface area contributed by atoms with E-state index in [1.807, 2.05) is 6.92 Å². The van der Waals surface area contributed by atoms with Gasteiger partial charge >= 0.3 is 0 Å². The molecule has 4 heteroatoms. The molecule has 0 atom stereocenters. The van der Waals surface area contributed by atoms with Crippen LogP contribution in [0.4, 0.5) is 0 Å². The molecule has 2 nitrogen and oxygen atoms in total. The second-order valence-electron chi connectivity index (χ2n) is 2.94. The summed E-state index contributed by atoms with van der Waals surface area (Å²) in [4.78, 5) is 13.5. The first-order valence-electron chi connectivity index (χ1n) is 4.26. The van der Waals surface area contributed by atoms with Crippen LogP contribution in [0.3, 0.4) is 0 Å². The molecule has 1 aromatic carbocycles. The number of amides is 1. The maximum Gasteiger partial charge on any atom is 0.254 e. The van der Waals surface area contributed by atoms with Crippen LogP contribution in [0.15, 0.2) is 18.2 Å². The minimum atomic E-state index is 0.0357. The third-order valence-electron chi connectivity index (χ3n) is 1.98. The Balaban J connectivity index is 3.02. The average Bonchev–Trinajstić information content (AvgIpc) is 2.15. The molecule has 0 bridgehead atoms. The Bertz CT molecular complexity index is 354. The number of carbonyl (C=O) groups is 1. The van der Waals surface area contributed by atoms with Crippen molar-refractivity contribution in [1.29, 1.82) is 0 Å². The summed E-state index contributed by atoms with van der Waals surface area (Å²) >= 11 is 7.92. The Kier molecular flexibility index (Phi) is 4.19. The van der Waals surface area contributed by atoms with Crippen LogP contribution in [0.1, 0.15) is 17.3 Å². The van der Waals surface area contributed by atoms with E-state index in [1.54, 1.807) is 30.1 Å². The van der Waals surface area contributed by atoms with E-state index in [0.29, 0.717) is 17.1 Å². The van der Waals surface area contributed by atoms with Crippen LogP contribution in [0.25, 0.3) is 0 Å². The first-order chi connectivity index (χ1) is 6.56. The highest BCUT2D eigenvalue weighted by molar-refractivity contribution is 14.1. The lowest BCUT2D eigenvalue weighted by Crippen LogP contribution is -2.26. The zero-order valence-corrected chi connectivity index (χ0v) is 11.0. The fourth-order valence-electron chi connectivity index (χ4n) is 1.01. The van der Waals surface area contributed by atoms with Crippen molar-refractivity contribution < 1.29 is 4.79 Å². The van der Waals surface area contributed by atoms with Crippen LogP contribution < -0.4 is 0 Å². The van der Waals surface area contributed by atoms with Gasteiger partial charge in [-0.3, -0.25) is 4.79 Å². The van der Waals surface area contributed by atoms with Gasteiger partial charge in [0.1, 0.15) is 0 Å². The van der Waals surface area contributed by atoms with Gasteiger partial charge in [0, 0.05) is 22.2 Å². The summed E-state index contributed by atoms with van der Waals surface area (Å²) in [6, 6.07) is 5.29. The number of hydrogen-bond acceptors (Lipinski definition) is 1. The van der Waals surface area contributed by atoms with Crippen LogP contribution in [0, 0.1) is 3.57 Å². The average molecular weight is 324 g/mol. The van der Waals surface area contributed by atoms with Crippen LogP contribution in [0.5, 0.6) is 0 Å². The molecule has 0 saturated heterocycles. The van der Waals surface area contributed by atoms with Gasteiger partial charge in [0.25, 0.3) is 5.91 Å². The highest BCUT2D eigenvalue weighted by Crippen LogP contribution is 2.19. The fraction of sp³-hybridized carbons (Fsp3) is 0.300. The summed E-state index contributed by atoms with van der Waals surface area (Å²) in [7, 11) is 1.78. The molecule has 0 heterocycles. The zero-order chi connectivity index (χ0) is 10.7. The molecule has 0 aliphatic rings. The van der Waals surface area contributed by atoms with E-state index < -0.39 is 0 Å². The minimum Gasteiger partial charge on any atom is -0.342 e. The highest BCUT2D eigenvalue weighted by atomic mass is 127. The monoisotopic (exact) mass is 323 g/mol. The third kappa shape index (κ3) is 2.60. The van der Waals surface area contributed by atoms with Crippen molar-refractivity contribution in [1.82, 2.24) is 4.90 Å². The quantitative estimate of drug-likeness (QED) is 0.766. The van der Waals surface area contributed by atoms with Crippen LogP contribution >= 0.6 is 34.2 Å². The molecule has 1 aromatic rings. The second kappa shape index (κ2) is 4.98. The van der Waals surface area contributed by atoms with Gasteiger partial charge in [-0.15, -0.1) is 0 Å². The molecule has 0 aliphatic carbocycles. The molecule has 14 heavy (non-hydrogen) atoms. The van der Waals surface area contributed by atoms with E-state index in [1.165, 1.54) is 0 Å². The summed E-state index contributed by atoms with van der Waals surface area (Å²) in [5.74, 6) is 0.0357. The molecule has 1 rings (SSSR count). The van der Waals surface area contributed by atoms with Gasteiger partial charge in [0.2, 0.25) is 0 Å². The molecule has 0 fully saturated rings. The number of nitrogens with zero attached hydrogens (tertiary/aromatic N) is 1. The van der Waals surface area contributed by atoms with Crippen molar-refractivity contribution in [3.8, 4) is 0 Å². The number of carbonyl (C=O) groups excluding carboxylic acids is 1. The van der Waals surface area contributed by atoms with Gasteiger partial charge in [0.05, 0.1) is 5.56 Å². The molecular formula is C10H11ClINO. The van der Waals surface area contributed by atoms with Gasteiger partial charge in [-0.05, 0) is 47.7 Å². The fourth-order valence-corrected chi connectivity index (χ4v) is 2.11. The van der Waals surface area contributed by atoms with Gasteiger partial charge in [-0.25, -0.2) is 0 Å². The maximum atomic E-state index is 11.8. The van der Waals surface area contributed by atoms with Crippen molar-refractivity contribution in [2.75, 3.05) is 13.6 Å².